The third-order valence-electron chi connectivity index (χ3n) is 2.87. The number of hydrogen-bond acceptors (Lipinski definition) is 4. The lowest BCUT2D eigenvalue weighted by molar-refractivity contribution is 0.283. The summed E-state index contributed by atoms with van der Waals surface area (Å²) in [5, 5.41) is 3.18. The number of rotatable bonds is 3. The van der Waals surface area contributed by atoms with Crippen molar-refractivity contribution in [2.45, 2.75) is 18.7 Å². The zero-order valence-corrected chi connectivity index (χ0v) is 10.7. The van der Waals surface area contributed by atoms with E-state index in [9.17, 15) is 8.42 Å². The normalized spacial score (nSPS) is 22.5. The van der Waals surface area contributed by atoms with Crippen LogP contribution in [0.3, 0.4) is 0 Å². The number of hydrogen-bond donors (Lipinski definition) is 1. The highest BCUT2D eigenvalue weighted by Gasteiger charge is 2.29. The Morgan fingerprint density at radius 2 is 2.41 bits per heavy atom. The largest absolute Gasteiger partial charge is 0.314 e. The Morgan fingerprint density at radius 1 is 1.59 bits per heavy atom. The fraction of sp³-hybridized carbons (Fsp3) is 0.545. The first-order valence-electron chi connectivity index (χ1n) is 5.69. The molecule has 1 saturated heterocycles. The molecule has 1 aromatic rings. The van der Waals surface area contributed by atoms with E-state index in [1.54, 1.807) is 28.8 Å². The first kappa shape index (κ1) is 12.5. The second kappa shape index (κ2) is 5.12. The van der Waals surface area contributed by atoms with Crippen molar-refractivity contribution >= 4 is 10.0 Å². The summed E-state index contributed by atoms with van der Waals surface area (Å²) in [4.78, 5) is 3.94. The Hall–Kier alpha value is -0.980. The maximum atomic E-state index is 12.2. The predicted octanol–water partition coefficient (Wildman–Crippen LogP) is 0.205. The van der Waals surface area contributed by atoms with Crippen LogP contribution in [0.2, 0.25) is 0 Å². The molecule has 0 spiro atoms. The summed E-state index contributed by atoms with van der Waals surface area (Å²) in [7, 11) is -3.23. The van der Waals surface area contributed by atoms with Crippen LogP contribution in [0.4, 0.5) is 0 Å². The maximum absolute atomic E-state index is 12.2. The van der Waals surface area contributed by atoms with Crippen LogP contribution in [0.15, 0.2) is 24.5 Å². The molecule has 17 heavy (non-hydrogen) atoms. The number of pyridine rings is 1. The van der Waals surface area contributed by atoms with Crippen molar-refractivity contribution in [1.82, 2.24) is 14.6 Å². The van der Waals surface area contributed by atoms with Crippen molar-refractivity contribution in [3.05, 3.63) is 30.1 Å². The lowest BCUT2D eigenvalue weighted by atomic mass is 10.3. The molecule has 1 atom stereocenters. The molecule has 0 radical (unpaired) electrons. The van der Waals surface area contributed by atoms with Gasteiger partial charge in [0.25, 0.3) is 0 Å². The highest BCUT2D eigenvalue weighted by atomic mass is 32.2. The Labute approximate surface area is 102 Å². The van der Waals surface area contributed by atoms with Crippen molar-refractivity contribution < 1.29 is 8.42 Å². The van der Waals surface area contributed by atoms with Crippen LogP contribution in [0.1, 0.15) is 12.5 Å². The SMILES string of the molecule is C[C@H]1CNCCN1S(=O)(=O)Cc1cccnc1. The highest BCUT2D eigenvalue weighted by Crippen LogP contribution is 2.14. The number of piperazine rings is 1. The molecule has 0 saturated carbocycles. The predicted molar refractivity (Wildman–Crippen MR) is 65.9 cm³/mol. The molecule has 1 N–H and O–H groups in total. The quantitative estimate of drug-likeness (QED) is 0.838. The lowest BCUT2D eigenvalue weighted by Gasteiger charge is -2.32. The molecule has 0 aromatic carbocycles. The summed E-state index contributed by atoms with van der Waals surface area (Å²) < 4.78 is 26.1. The van der Waals surface area contributed by atoms with Gasteiger partial charge in [0.2, 0.25) is 10.0 Å². The van der Waals surface area contributed by atoms with Gasteiger partial charge in [-0.3, -0.25) is 4.98 Å². The molecule has 1 aliphatic rings. The smallest absolute Gasteiger partial charge is 0.218 e. The van der Waals surface area contributed by atoms with Crippen molar-refractivity contribution in [3.63, 3.8) is 0 Å². The van der Waals surface area contributed by atoms with E-state index in [-0.39, 0.29) is 11.8 Å². The van der Waals surface area contributed by atoms with E-state index in [1.807, 2.05) is 6.92 Å². The standard InChI is InChI=1S/C11H17N3O2S/c1-10-7-13-5-6-14(10)17(15,16)9-11-3-2-4-12-8-11/h2-4,8,10,13H,5-7,9H2,1H3/t10-/m0/s1. The molecule has 1 fully saturated rings. The summed E-state index contributed by atoms with van der Waals surface area (Å²) in [6.07, 6.45) is 3.24. The number of nitrogens with one attached hydrogen (secondary N) is 1. The van der Waals surface area contributed by atoms with Crippen LogP contribution in [0, 0.1) is 0 Å². The van der Waals surface area contributed by atoms with E-state index in [1.165, 1.54) is 0 Å². The van der Waals surface area contributed by atoms with E-state index in [4.69, 9.17) is 0 Å². The molecule has 0 unspecified atom stereocenters. The molecule has 6 heteroatoms. The molecule has 0 bridgehead atoms. The average molecular weight is 255 g/mol. The monoisotopic (exact) mass is 255 g/mol. The zero-order valence-electron chi connectivity index (χ0n) is 9.83. The minimum atomic E-state index is -3.23. The number of sulfonamides is 1. The van der Waals surface area contributed by atoms with Crippen LogP contribution < -0.4 is 5.32 Å². The summed E-state index contributed by atoms with van der Waals surface area (Å²) in [6.45, 7) is 3.90. The molecule has 1 aromatic heterocycles. The van der Waals surface area contributed by atoms with Crippen molar-refractivity contribution in [1.29, 1.82) is 0 Å². The van der Waals surface area contributed by atoms with Gasteiger partial charge in [0.15, 0.2) is 0 Å². The molecule has 0 amide bonds. The van der Waals surface area contributed by atoms with Crippen molar-refractivity contribution in [2.75, 3.05) is 19.6 Å². The summed E-state index contributed by atoms with van der Waals surface area (Å²) >= 11 is 0. The van der Waals surface area contributed by atoms with Gasteiger partial charge < -0.3 is 5.32 Å². The van der Waals surface area contributed by atoms with Crippen LogP contribution in [0.25, 0.3) is 0 Å². The van der Waals surface area contributed by atoms with Gasteiger partial charge in [0.1, 0.15) is 0 Å². The van der Waals surface area contributed by atoms with Gasteiger partial charge in [-0.15, -0.1) is 0 Å². The van der Waals surface area contributed by atoms with Crippen molar-refractivity contribution in [3.8, 4) is 0 Å². The molecular weight excluding hydrogens is 238 g/mol. The molecule has 2 heterocycles. The Kier molecular flexibility index (Phi) is 3.76. The minimum Gasteiger partial charge on any atom is -0.314 e. The second-order valence-electron chi connectivity index (χ2n) is 4.28. The molecular formula is C11H17N3O2S. The molecule has 1 aliphatic heterocycles. The first-order valence-corrected chi connectivity index (χ1v) is 7.29. The number of aromatic nitrogens is 1. The van der Waals surface area contributed by atoms with Gasteiger partial charge >= 0.3 is 0 Å². The Bertz CT molecular complexity index is 461. The van der Waals surface area contributed by atoms with Crippen LogP contribution in [-0.4, -0.2) is 43.4 Å². The average Bonchev–Trinajstić information content (AvgIpc) is 2.30. The first-order chi connectivity index (χ1) is 8.09. The van der Waals surface area contributed by atoms with E-state index in [0.717, 1.165) is 12.1 Å². The van der Waals surface area contributed by atoms with Gasteiger partial charge in [-0.1, -0.05) is 6.07 Å². The van der Waals surface area contributed by atoms with Gasteiger partial charge in [0.05, 0.1) is 5.75 Å². The Morgan fingerprint density at radius 3 is 3.06 bits per heavy atom. The minimum absolute atomic E-state index is 0.0189. The zero-order chi connectivity index (χ0) is 12.3. The van der Waals surface area contributed by atoms with E-state index >= 15 is 0 Å². The fourth-order valence-electron chi connectivity index (χ4n) is 2.01. The van der Waals surface area contributed by atoms with E-state index < -0.39 is 10.0 Å². The summed E-state index contributed by atoms with van der Waals surface area (Å²) in [5.74, 6) is 0.0329. The van der Waals surface area contributed by atoms with Gasteiger partial charge in [-0.2, -0.15) is 4.31 Å². The van der Waals surface area contributed by atoms with E-state index in [0.29, 0.717) is 13.1 Å². The molecule has 94 valence electrons. The van der Waals surface area contributed by atoms with E-state index in [2.05, 4.69) is 10.3 Å². The fourth-order valence-corrected chi connectivity index (χ4v) is 3.76. The summed E-state index contributed by atoms with van der Waals surface area (Å²) in [5.41, 5.74) is 0.734. The third-order valence-corrected chi connectivity index (χ3v) is 4.82. The van der Waals surface area contributed by atoms with Crippen LogP contribution in [0.5, 0.6) is 0 Å². The number of nitrogens with zero attached hydrogens (tertiary/aromatic N) is 2. The second-order valence-corrected chi connectivity index (χ2v) is 6.20. The molecule has 2 rings (SSSR count). The Balaban J connectivity index is 2.13. The van der Waals surface area contributed by atoms with Crippen LogP contribution >= 0.6 is 0 Å². The third kappa shape index (κ3) is 3.02. The maximum Gasteiger partial charge on any atom is 0.218 e. The van der Waals surface area contributed by atoms with Gasteiger partial charge in [-0.25, -0.2) is 8.42 Å². The lowest BCUT2D eigenvalue weighted by Crippen LogP contribution is -2.52. The van der Waals surface area contributed by atoms with Crippen LogP contribution in [-0.2, 0) is 15.8 Å². The summed E-state index contributed by atoms with van der Waals surface area (Å²) in [6, 6.07) is 3.56. The van der Waals surface area contributed by atoms with Gasteiger partial charge in [0, 0.05) is 38.1 Å². The molecule has 5 nitrogen and oxygen atoms in total. The van der Waals surface area contributed by atoms with Gasteiger partial charge in [-0.05, 0) is 18.6 Å². The van der Waals surface area contributed by atoms with Crippen molar-refractivity contribution in [2.24, 2.45) is 0 Å². The topological polar surface area (TPSA) is 62.3 Å². The highest BCUT2D eigenvalue weighted by molar-refractivity contribution is 7.88. The molecule has 0 aliphatic carbocycles.